The first kappa shape index (κ1) is 11.7. The lowest BCUT2D eigenvalue weighted by molar-refractivity contribution is 0.0523. The maximum atomic E-state index is 11.7. The van der Waals surface area contributed by atoms with E-state index in [4.69, 9.17) is 4.74 Å². The van der Waals surface area contributed by atoms with Crippen molar-refractivity contribution in [3.63, 3.8) is 0 Å². The van der Waals surface area contributed by atoms with Crippen LogP contribution in [0, 0.1) is 0 Å². The molecule has 3 heteroatoms. The number of nitrogens with zero attached hydrogens (tertiary/aromatic N) is 1. The third-order valence-electron chi connectivity index (χ3n) is 2.31. The van der Waals surface area contributed by atoms with Crippen LogP contribution in [0.25, 0.3) is 0 Å². The Labute approximate surface area is 90.5 Å². The highest BCUT2D eigenvalue weighted by Gasteiger charge is 2.16. The van der Waals surface area contributed by atoms with Crippen LogP contribution in [0.3, 0.4) is 0 Å². The summed E-state index contributed by atoms with van der Waals surface area (Å²) in [5, 5.41) is 0. The maximum absolute atomic E-state index is 11.7. The summed E-state index contributed by atoms with van der Waals surface area (Å²) in [6.07, 6.45) is 3.33. The number of aryl methyl sites for hydroxylation is 2. The zero-order chi connectivity index (χ0) is 11.3. The minimum atomic E-state index is -0.251. The molecule has 0 aliphatic heterocycles. The van der Waals surface area contributed by atoms with Crippen LogP contribution in [0.5, 0.6) is 0 Å². The number of ether oxygens (including phenoxy) is 1. The smallest absolute Gasteiger partial charge is 0.340 e. The topological polar surface area (TPSA) is 39.2 Å². The molecule has 0 saturated carbocycles. The number of hydrogen-bond donors (Lipinski definition) is 0. The monoisotopic (exact) mass is 207 g/mol. The normalized spacial score (nSPS) is 10.1. The Morgan fingerprint density at radius 2 is 2.07 bits per heavy atom. The number of carbonyl (C=O) groups is 1. The number of esters is 1. The molecule has 0 atom stereocenters. The standard InChI is InChI=1S/C12H17NO2/c1-4-9-7-8-13-10(5-2)11(9)12(14)15-6-3/h7-8H,4-6H2,1-3H3. The molecule has 0 aliphatic rings. The highest BCUT2D eigenvalue weighted by Crippen LogP contribution is 2.15. The molecule has 0 unspecified atom stereocenters. The van der Waals surface area contributed by atoms with Gasteiger partial charge in [-0.2, -0.15) is 0 Å². The second-order valence-corrected chi connectivity index (χ2v) is 3.22. The van der Waals surface area contributed by atoms with E-state index in [9.17, 15) is 4.79 Å². The number of carbonyl (C=O) groups excluding carboxylic acids is 1. The van der Waals surface area contributed by atoms with Gasteiger partial charge in [0.2, 0.25) is 0 Å². The fourth-order valence-electron chi connectivity index (χ4n) is 1.57. The number of pyridine rings is 1. The molecule has 0 N–H and O–H groups in total. The molecule has 82 valence electrons. The molecule has 0 radical (unpaired) electrons. The van der Waals surface area contributed by atoms with Gasteiger partial charge in [-0.25, -0.2) is 4.79 Å². The van der Waals surface area contributed by atoms with Crippen molar-refractivity contribution in [1.29, 1.82) is 0 Å². The van der Waals surface area contributed by atoms with Crippen LogP contribution in [-0.4, -0.2) is 17.6 Å². The highest BCUT2D eigenvalue weighted by molar-refractivity contribution is 5.92. The summed E-state index contributed by atoms with van der Waals surface area (Å²) in [5.74, 6) is -0.251. The average molecular weight is 207 g/mol. The Hall–Kier alpha value is -1.38. The zero-order valence-electron chi connectivity index (χ0n) is 9.54. The zero-order valence-corrected chi connectivity index (χ0v) is 9.54. The summed E-state index contributed by atoms with van der Waals surface area (Å²) in [5.41, 5.74) is 2.50. The van der Waals surface area contributed by atoms with Gasteiger partial charge in [0.25, 0.3) is 0 Å². The molecule has 0 amide bonds. The van der Waals surface area contributed by atoms with Gasteiger partial charge in [0.1, 0.15) is 0 Å². The fourth-order valence-corrected chi connectivity index (χ4v) is 1.57. The van der Waals surface area contributed by atoms with Crippen LogP contribution >= 0.6 is 0 Å². The van der Waals surface area contributed by atoms with Crippen LogP contribution < -0.4 is 0 Å². The second-order valence-electron chi connectivity index (χ2n) is 3.22. The lowest BCUT2D eigenvalue weighted by Crippen LogP contribution is -2.12. The molecule has 0 bridgehead atoms. The lowest BCUT2D eigenvalue weighted by Gasteiger charge is -2.10. The van der Waals surface area contributed by atoms with Crippen molar-refractivity contribution in [3.8, 4) is 0 Å². The van der Waals surface area contributed by atoms with E-state index in [0.717, 1.165) is 24.1 Å². The third-order valence-corrected chi connectivity index (χ3v) is 2.31. The number of hydrogen-bond acceptors (Lipinski definition) is 3. The summed E-state index contributed by atoms with van der Waals surface area (Å²) in [4.78, 5) is 16.0. The van der Waals surface area contributed by atoms with E-state index in [1.807, 2.05) is 26.8 Å². The minimum Gasteiger partial charge on any atom is -0.462 e. The van der Waals surface area contributed by atoms with Gasteiger partial charge in [-0.3, -0.25) is 4.98 Å². The lowest BCUT2D eigenvalue weighted by atomic mass is 10.0. The first-order valence-corrected chi connectivity index (χ1v) is 5.38. The summed E-state index contributed by atoms with van der Waals surface area (Å²) in [7, 11) is 0. The second kappa shape index (κ2) is 5.49. The Morgan fingerprint density at radius 3 is 2.60 bits per heavy atom. The van der Waals surface area contributed by atoms with Gasteiger partial charge >= 0.3 is 5.97 Å². The molecule has 1 heterocycles. The molecular formula is C12H17NO2. The van der Waals surface area contributed by atoms with E-state index in [0.29, 0.717) is 12.2 Å². The van der Waals surface area contributed by atoms with E-state index >= 15 is 0 Å². The molecular weight excluding hydrogens is 190 g/mol. The first-order chi connectivity index (χ1) is 7.24. The summed E-state index contributed by atoms with van der Waals surface area (Å²) in [6, 6.07) is 1.88. The molecule has 3 nitrogen and oxygen atoms in total. The Morgan fingerprint density at radius 1 is 1.33 bits per heavy atom. The van der Waals surface area contributed by atoms with Crippen LogP contribution in [0.15, 0.2) is 12.3 Å². The van der Waals surface area contributed by atoms with Crippen molar-refractivity contribution in [2.45, 2.75) is 33.6 Å². The number of aromatic nitrogens is 1. The number of rotatable bonds is 4. The quantitative estimate of drug-likeness (QED) is 0.711. The predicted octanol–water partition coefficient (Wildman–Crippen LogP) is 2.38. The van der Waals surface area contributed by atoms with Gasteiger partial charge in [0.15, 0.2) is 0 Å². The average Bonchev–Trinajstić information content (AvgIpc) is 2.28. The molecule has 0 aliphatic carbocycles. The Balaban J connectivity index is 3.15. The van der Waals surface area contributed by atoms with Gasteiger partial charge in [-0.1, -0.05) is 13.8 Å². The van der Waals surface area contributed by atoms with Crippen molar-refractivity contribution in [3.05, 3.63) is 29.1 Å². The molecule has 0 spiro atoms. The van der Waals surface area contributed by atoms with Crippen molar-refractivity contribution >= 4 is 5.97 Å². The van der Waals surface area contributed by atoms with Gasteiger partial charge in [0, 0.05) is 6.20 Å². The maximum Gasteiger partial charge on any atom is 0.340 e. The Kier molecular flexibility index (Phi) is 4.28. The van der Waals surface area contributed by atoms with E-state index in [2.05, 4.69) is 4.98 Å². The predicted molar refractivity (Wildman–Crippen MR) is 58.9 cm³/mol. The molecule has 0 aromatic carbocycles. The summed E-state index contributed by atoms with van der Waals surface area (Å²) < 4.78 is 5.03. The molecule has 15 heavy (non-hydrogen) atoms. The van der Waals surface area contributed by atoms with Gasteiger partial charge < -0.3 is 4.74 Å². The SMILES string of the molecule is CCOC(=O)c1c(CC)ccnc1CC. The molecule has 1 rings (SSSR count). The van der Waals surface area contributed by atoms with Gasteiger partial charge in [-0.15, -0.1) is 0 Å². The van der Waals surface area contributed by atoms with Crippen LogP contribution in [0.2, 0.25) is 0 Å². The van der Waals surface area contributed by atoms with Crippen molar-refractivity contribution in [2.75, 3.05) is 6.61 Å². The van der Waals surface area contributed by atoms with Crippen molar-refractivity contribution in [1.82, 2.24) is 4.98 Å². The summed E-state index contributed by atoms with van der Waals surface area (Å²) >= 11 is 0. The van der Waals surface area contributed by atoms with Crippen molar-refractivity contribution in [2.24, 2.45) is 0 Å². The highest BCUT2D eigenvalue weighted by atomic mass is 16.5. The largest absolute Gasteiger partial charge is 0.462 e. The molecule has 1 aromatic heterocycles. The Bertz CT molecular complexity index is 325. The molecule has 0 fully saturated rings. The molecule has 0 saturated heterocycles. The van der Waals surface area contributed by atoms with E-state index in [1.54, 1.807) is 6.20 Å². The van der Waals surface area contributed by atoms with E-state index < -0.39 is 0 Å². The first-order valence-electron chi connectivity index (χ1n) is 5.38. The van der Waals surface area contributed by atoms with E-state index in [-0.39, 0.29) is 5.97 Å². The van der Waals surface area contributed by atoms with E-state index in [1.165, 1.54) is 0 Å². The van der Waals surface area contributed by atoms with Crippen LogP contribution in [0.4, 0.5) is 0 Å². The minimum absolute atomic E-state index is 0.251. The fraction of sp³-hybridized carbons (Fsp3) is 0.500. The third kappa shape index (κ3) is 2.55. The van der Waals surface area contributed by atoms with Crippen LogP contribution in [-0.2, 0) is 17.6 Å². The molecule has 1 aromatic rings. The van der Waals surface area contributed by atoms with Gasteiger partial charge in [0.05, 0.1) is 17.9 Å². The van der Waals surface area contributed by atoms with Gasteiger partial charge in [-0.05, 0) is 31.4 Å². The summed E-state index contributed by atoms with van der Waals surface area (Å²) in [6.45, 7) is 6.23. The van der Waals surface area contributed by atoms with Crippen LogP contribution in [0.1, 0.15) is 42.4 Å². The van der Waals surface area contributed by atoms with Crippen molar-refractivity contribution < 1.29 is 9.53 Å².